The van der Waals surface area contributed by atoms with Gasteiger partial charge in [-0.3, -0.25) is 0 Å². The lowest BCUT2D eigenvalue weighted by Crippen LogP contribution is -2.17. The number of halogens is 4. The molecule has 1 nitrogen and oxygen atoms in total. The van der Waals surface area contributed by atoms with E-state index in [0.29, 0.717) is 17.7 Å². The monoisotopic (exact) mass is 307 g/mol. The highest BCUT2D eigenvalue weighted by atomic mass is 79.9. The van der Waals surface area contributed by atoms with Crippen LogP contribution in [0, 0.1) is 6.07 Å². The Morgan fingerprint density at radius 3 is 2.59 bits per heavy atom. The van der Waals surface area contributed by atoms with Crippen molar-refractivity contribution in [3.8, 4) is 5.75 Å². The molecule has 1 aliphatic rings. The Hall–Kier alpha value is -0.710. The number of rotatable bonds is 4. The summed E-state index contributed by atoms with van der Waals surface area (Å²) in [5, 5.41) is 0.707. The van der Waals surface area contributed by atoms with E-state index in [2.05, 4.69) is 26.7 Å². The third-order valence-corrected chi connectivity index (χ3v) is 3.02. The van der Waals surface area contributed by atoms with Crippen molar-refractivity contribution in [1.82, 2.24) is 0 Å². The van der Waals surface area contributed by atoms with E-state index >= 15 is 0 Å². The number of alkyl halides is 4. The van der Waals surface area contributed by atoms with Crippen LogP contribution in [-0.2, 0) is 6.42 Å². The first kappa shape index (κ1) is 12.7. The molecule has 0 heterocycles. The summed E-state index contributed by atoms with van der Waals surface area (Å²) in [7, 11) is 0. The minimum atomic E-state index is -4.65. The molecule has 1 aliphatic carbocycles. The zero-order valence-corrected chi connectivity index (χ0v) is 10.6. The Balaban J connectivity index is 2.22. The molecule has 1 aromatic rings. The lowest BCUT2D eigenvalue weighted by atomic mass is 10.0. The normalized spacial score (nSPS) is 16.0. The molecule has 0 aliphatic heterocycles. The van der Waals surface area contributed by atoms with Crippen LogP contribution in [0.2, 0.25) is 0 Å². The fraction of sp³-hybridized carbons (Fsp3) is 0.500. The van der Waals surface area contributed by atoms with Crippen LogP contribution in [0.15, 0.2) is 12.1 Å². The first-order chi connectivity index (χ1) is 7.99. The molecule has 0 atom stereocenters. The fourth-order valence-electron chi connectivity index (χ4n) is 1.79. The van der Waals surface area contributed by atoms with Crippen LogP contribution in [0.4, 0.5) is 13.2 Å². The van der Waals surface area contributed by atoms with Gasteiger partial charge in [0.25, 0.3) is 0 Å². The molecule has 0 N–H and O–H groups in total. The molecule has 1 saturated carbocycles. The Bertz CT molecular complexity index is 399. The van der Waals surface area contributed by atoms with Gasteiger partial charge in [0.2, 0.25) is 0 Å². The first-order valence-electron chi connectivity index (χ1n) is 5.36. The zero-order chi connectivity index (χ0) is 12.5. The molecule has 93 valence electrons. The van der Waals surface area contributed by atoms with E-state index in [-0.39, 0.29) is 5.75 Å². The van der Waals surface area contributed by atoms with Crippen molar-refractivity contribution in [2.45, 2.75) is 31.5 Å². The molecule has 0 aromatic heterocycles. The maximum atomic E-state index is 12.1. The van der Waals surface area contributed by atoms with Gasteiger partial charge in [-0.2, -0.15) is 0 Å². The van der Waals surface area contributed by atoms with Gasteiger partial charge in [-0.25, -0.2) is 0 Å². The third kappa shape index (κ3) is 3.63. The highest BCUT2D eigenvalue weighted by Gasteiger charge is 2.32. The number of aryl methyl sites for hydroxylation is 1. The first-order valence-corrected chi connectivity index (χ1v) is 6.48. The average molecular weight is 308 g/mol. The second-order valence-corrected chi connectivity index (χ2v) is 4.81. The average Bonchev–Trinajstić information content (AvgIpc) is 2.99. The summed E-state index contributed by atoms with van der Waals surface area (Å²) >= 11 is 3.29. The molecule has 1 radical (unpaired) electrons. The lowest BCUT2D eigenvalue weighted by Gasteiger charge is -2.12. The number of ether oxygens (including phenoxy) is 1. The summed E-state index contributed by atoms with van der Waals surface area (Å²) in [6.45, 7) is 0. The van der Waals surface area contributed by atoms with Gasteiger partial charge >= 0.3 is 6.36 Å². The summed E-state index contributed by atoms with van der Waals surface area (Å²) in [6.07, 6.45) is -1.75. The smallest absolute Gasteiger partial charge is 0.405 e. The van der Waals surface area contributed by atoms with E-state index < -0.39 is 6.36 Å². The minimum Gasteiger partial charge on any atom is -0.405 e. The second kappa shape index (κ2) is 4.88. The van der Waals surface area contributed by atoms with Crippen molar-refractivity contribution in [2.24, 2.45) is 0 Å². The van der Waals surface area contributed by atoms with Crippen molar-refractivity contribution in [3.63, 3.8) is 0 Å². The molecule has 1 aromatic carbocycles. The van der Waals surface area contributed by atoms with Gasteiger partial charge < -0.3 is 4.74 Å². The third-order valence-electron chi connectivity index (χ3n) is 2.62. The molecule has 2 rings (SSSR count). The van der Waals surface area contributed by atoms with Gasteiger partial charge in [0.1, 0.15) is 5.75 Å². The molecular formula is C12H11BrF3O. The van der Waals surface area contributed by atoms with Gasteiger partial charge in [0.05, 0.1) is 0 Å². The summed E-state index contributed by atoms with van der Waals surface area (Å²) in [5.74, 6) is 0.248. The summed E-state index contributed by atoms with van der Waals surface area (Å²) < 4.78 is 40.1. The van der Waals surface area contributed by atoms with Crippen molar-refractivity contribution >= 4 is 15.9 Å². The molecule has 17 heavy (non-hydrogen) atoms. The van der Waals surface area contributed by atoms with Gasteiger partial charge in [-0.15, -0.1) is 13.2 Å². The van der Waals surface area contributed by atoms with E-state index in [1.807, 2.05) is 0 Å². The largest absolute Gasteiger partial charge is 0.573 e. The molecule has 0 spiro atoms. The predicted molar refractivity (Wildman–Crippen MR) is 61.4 cm³/mol. The van der Waals surface area contributed by atoms with Crippen molar-refractivity contribution in [2.75, 3.05) is 5.33 Å². The van der Waals surface area contributed by atoms with Crippen molar-refractivity contribution in [1.29, 1.82) is 0 Å². The molecule has 0 bridgehead atoms. The van der Waals surface area contributed by atoms with Crippen molar-refractivity contribution in [3.05, 3.63) is 29.3 Å². The number of hydrogen-bond acceptors (Lipinski definition) is 1. The highest BCUT2D eigenvalue weighted by Crippen LogP contribution is 2.42. The Morgan fingerprint density at radius 1 is 1.35 bits per heavy atom. The van der Waals surface area contributed by atoms with Gasteiger partial charge in [0.15, 0.2) is 0 Å². The number of benzene rings is 1. The molecule has 5 heteroatoms. The molecule has 1 fully saturated rings. The van der Waals surface area contributed by atoms with Crippen LogP contribution in [0.3, 0.4) is 0 Å². The molecule has 0 unspecified atom stereocenters. The summed E-state index contributed by atoms with van der Waals surface area (Å²) in [4.78, 5) is 0. The Morgan fingerprint density at radius 2 is 2.06 bits per heavy atom. The lowest BCUT2D eigenvalue weighted by molar-refractivity contribution is -0.274. The molecular weight excluding hydrogens is 297 g/mol. The van der Waals surface area contributed by atoms with Crippen LogP contribution in [-0.4, -0.2) is 11.7 Å². The SMILES string of the molecule is FC(F)(F)Oc1[c]c(CCBr)c(C2CC2)cc1. The maximum absolute atomic E-state index is 12.1. The van der Waals surface area contributed by atoms with E-state index in [4.69, 9.17) is 0 Å². The molecule has 0 amide bonds. The van der Waals surface area contributed by atoms with E-state index in [0.717, 1.165) is 24.0 Å². The number of hydrogen-bond donors (Lipinski definition) is 0. The second-order valence-electron chi connectivity index (χ2n) is 4.02. The van der Waals surface area contributed by atoms with E-state index in [1.165, 1.54) is 6.07 Å². The topological polar surface area (TPSA) is 9.23 Å². The van der Waals surface area contributed by atoms with Crippen LogP contribution >= 0.6 is 15.9 Å². The van der Waals surface area contributed by atoms with Crippen LogP contribution in [0.5, 0.6) is 5.75 Å². The summed E-state index contributed by atoms with van der Waals surface area (Å²) in [6, 6.07) is 5.80. The predicted octanol–water partition coefficient (Wildman–Crippen LogP) is 4.20. The highest BCUT2D eigenvalue weighted by molar-refractivity contribution is 9.09. The van der Waals surface area contributed by atoms with Crippen LogP contribution in [0.1, 0.15) is 29.9 Å². The fourth-order valence-corrected chi connectivity index (χ4v) is 2.19. The molecule has 0 saturated heterocycles. The Labute approximate surface area is 106 Å². The van der Waals surface area contributed by atoms with Crippen molar-refractivity contribution < 1.29 is 17.9 Å². The zero-order valence-electron chi connectivity index (χ0n) is 8.98. The standard InChI is InChI=1S/C12H11BrF3O/c13-6-5-9-7-10(17-12(14,15)16)3-4-11(9)8-1-2-8/h3-4,8H,1-2,5-6H2. The quantitative estimate of drug-likeness (QED) is 0.758. The van der Waals surface area contributed by atoms with Crippen LogP contribution < -0.4 is 4.74 Å². The van der Waals surface area contributed by atoms with Crippen LogP contribution in [0.25, 0.3) is 0 Å². The van der Waals surface area contributed by atoms with Gasteiger partial charge in [0, 0.05) is 11.4 Å². The van der Waals surface area contributed by atoms with E-state index in [9.17, 15) is 13.2 Å². The Kier molecular flexibility index (Phi) is 3.66. The van der Waals surface area contributed by atoms with E-state index in [1.54, 1.807) is 6.07 Å². The minimum absolute atomic E-state index is 0.252. The van der Waals surface area contributed by atoms with Gasteiger partial charge in [-0.1, -0.05) is 22.0 Å². The van der Waals surface area contributed by atoms with Gasteiger partial charge in [-0.05, 0) is 42.4 Å². The maximum Gasteiger partial charge on any atom is 0.573 e. The summed E-state index contributed by atoms with van der Waals surface area (Å²) in [5.41, 5.74) is 1.94.